The molecule has 0 radical (unpaired) electrons. The highest BCUT2D eigenvalue weighted by Gasteiger charge is 2.12. The molecule has 3 aromatic rings. The fourth-order valence-corrected chi connectivity index (χ4v) is 3.86. The minimum absolute atomic E-state index is 0.136. The second-order valence-electron chi connectivity index (χ2n) is 7.00. The number of nitrogens with zero attached hydrogens (tertiary/aromatic N) is 1. The fraction of sp³-hybridized carbons (Fsp3) is 0.200. The number of nitrogens with one attached hydrogen (secondary N) is 1. The number of amides is 1. The van der Waals surface area contributed by atoms with E-state index in [0.29, 0.717) is 18.1 Å². The van der Waals surface area contributed by atoms with E-state index in [1.165, 1.54) is 5.56 Å². The summed E-state index contributed by atoms with van der Waals surface area (Å²) in [6.07, 6.45) is 1.59. The first kappa shape index (κ1) is 23.9. The SMILES string of the molecule is COc1cc(/C=N\NC(=O)[C@H](C)SCc2ccccc2)ccc1OCc1ccc(Br)cc1. The van der Waals surface area contributed by atoms with Gasteiger partial charge in [0.25, 0.3) is 5.91 Å². The molecule has 0 unspecified atom stereocenters. The van der Waals surface area contributed by atoms with Crippen molar-refractivity contribution in [1.29, 1.82) is 0 Å². The number of hydrogen-bond donors (Lipinski definition) is 1. The van der Waals surface area contributed by atoms with E-state index in [1.807, 2.05) is 67.6 Å². The topological polar surface area (TPSA) is 59.9 Å². The van der Waals surface area contributed by atoms with E-state index < -0.39 is 0 Å². The highest BCUT2D eigenvalue weighted by Crippen LogP contribution is 2.28. The van der Waals surface area contributed by atoms with Crippen LogP contribution in [0.1, 0.15) is 23.6 Å². The zero-order chi connectivity index (χ0) is 22.8. The average molecular weight is 513 g/mol. The molecule has 7 heteroatoms. The van der Waals surface area contributed by atoms with Crippen LogP contribution in [0.3, 0.4) is 0 Å². The first-order valence-corrected chi connectivity index (χ1v) is 11.9. The molecule has 1 atom stereocenters. The number of halogens is 1. The smallest absolute Gasteiger partial charge is 0.252 e. The van der Waals surface area contributed by atoms with E-state index in [1.54, 1.807) is 25.1 Å². The number of thioether (sulfide) groups is 1. The lowest BCUT2D eigenvalue weighted by atomic mass is 10.2. The van der Waals surface area contributed by atoms with Crippen LogP contribution in [-0.2, 0) is 17.2 Å². The molecule has 0 aromatic heterocycles. The monoisotopic (exact) mass is 512 g/mol. The number of carbonyl (C=O) groups is 1. The van der Waals surface area contributed by atoms with E-state index in [0.717, 1.165) is 21.4 Å². The van der Waals surface area contributed by atoms with Crippen molar-refractivity contribution in [2.75, 3.05) is 7.11 Å². The van der Waals surface area contributed by atoms with Crippen LogP contribution in [0, 0.1) is 0 Å². The first-order valence-electron chi connectivity index (χ1n) is 10.1. The number of ether oxygens (including phenoxy) is 2. The van der Waals surface area contributed by atoms with Gasteiger partial charge in [-0.2, -0.15) is 5.10 Å². The van der Waals surface area contributed by atoms with Crippen molar-refractivity contribution in [3.05, 3.63) is 94.0 Å². The summed E-state index contributed by atoms with van der Waals surface area (Å²) in [6, 6.07) is 23.5. The quantitative estimate of drug-likeness (QED) is 0.275. The molecule has 0 fully saturated rings. The average Bonchev–Trinajstić information content (AvgIpc) is 2.83. The molecule has 0 saturated carbocycles. The molecule has 166 valence electrons. The van der Waals surface area contributed by atoms with Crippen LogP contribution in [0.25, 0.3) is 0 Å². The number of carbonyl (C=O) groups excluding carboxylic acids is 1. The lowest BCUT2D eigenvalue weighted by Gasteiger charge is -2.11. The Morgan fingerprint density at radius 2 is 1.81 bits per heavy atom. The standard InChI is InChI=1S/C25H25BrN2O3S/c1-18(32-17-20-6-4-3-5-7-20)25(29)28-27-15-21-10-13-23(24(14-21)30-2)31-16-19-8-11-22(26)12-9-19/h3-15,18H,16-17H2,1-2H3,(H,28,29)/b27-15-/t18-/m0/s1. The second-order valence-corrected chi connectivity index (χ2v) is 9.24. The van der Waals surface area contributed by atoms with Crippen molar-refractivity contribution in [3.63, 3.8) is 0 Å². The van der Waals surface area contributed by atoms with Crippen molar-refractivity contribution in [1.82, 2.24) is 5.43 Å². The maximum absolute atomic E-state index is 12.3. The van der Waals surface area contributed by atoms with Crippen molar-refractivity contribution in [2.45, 2.75) is 24.5 Å². The molecular weight excluding hydrogens is 488 g/mol. The lowest BCUT2D eigenvalue weighted by molar-refractivity contribution is -0.120. The summed E-state index contributed by atoms with van der Waals surface area (Å²) in [6.45, 7) is 2.31. The summed E-state index contributed by atoms with van der Waals surface area (Å²) in [4.78, 5) is 12.3. The Hall–Kier alpha value is -2.77. The molecule has 1 amide bonds. The zero-order valence-electron chi connectivity index (χ0n) is 18.0. The third kappa shape index (κ3) is 7.43. The Kier molecular flexibility index (Phi) is 9.19. The molecule has 0 spiro atoms. The number of benzene rings is 3. The summed E-state index contributed by atoms with van der Waals surface area (Å²) >= 11 is 5.00. The summed E-state index contributed by atoms with van der Waals surface area (Å²) in [5.74, 6) is 1.88. The minimum atomic E-state index is -0.212. The van der Waals surface area contributed by atoms with Gasteiger partial charge in [-0.25, -0.2) is 5.43 Å². The van der Waals surface area contributed by atoms with Crippen LogP contribution in [0.4, 0.5) is 0 Å². The van der Waals surface area contributed by atoms with Gasteiger partial charge in [0.2, 0.25) is 0 Å². The van der Waals surface area contributed by atoms with Crippen molar-refractivity contribution >= 4 is 39.8 Å². The van der Waals surface area contributed by atoms with E-state index in [2.05, 4.69) is 38.6 Å². The molecule has 3 aromatic carbocycles. The molecule has 0 aliphatic heterocycles. The second kappa shape index (κ2) is 12.3. The molecular formula is C25H25BrN2O3S. The molecule has 0 aliphatic carbocycles. The van der Waals surface area contributed by atoms with E-state index >= 15 is 0 Å². The van der Waals surface area contributed by atoms with E-state index in [4.69, 9.17) is 9.47 Å². The van der Waals surface area contributed by atoms with Gasteiger partial charge in [0.1, 0.15) is 6.61 Å². The Morgan fingerprint density at radius 3 is 2.53 bits per heavy atom. The molecule has 0 saturated heterocycles. The van der Waals surface area contributed by atoms with Crippen molar-refractivity contribution in [2.24, 2.45) is 5.10 Å². The Morgan fingerprint density at radius 1 is 1.06 bits per heavy atom. The Balaban J connectivity index is 1.51. The summed E-state index contributed by atoms with van der Waals surface area (Å²) < 4.78 is 12.4. The Bertz CT molecular complexity index is 1040. The number of hydrazone groups is 1. The molecule has 0 bridgehead atoms. The van der Waals surface area contributed by atoms with Gasteiger partial charge < -0.3 is 9.47 Å². The molecule has 5 nitrogen and oxygen atoms in total. The predicted molar refractivity (Wildman–Crippen MR) is 134 cm³/mol. The van der Waals surface area contributed by atoms with Crippen LogP contribution < -0.4 is 14.9 Å². The van der Waals surface area contributed by atoms with Gasteiger partial charge >= 0.3 is 0 Å². The largest absolute Gasteiger partial charge is 0.493 e. The highest BCUT2D eigenvalue weighted by molar-refractivity contribution is 9.10. The van der Waals surface area contributed by atoms with Crippen molar-refractivity contribution < 1.29 is 14.3 Å². The van der Waals surface area contributed by atoms with Gasteiger partial charge in [0, 0.05) is 10.2 Å². The van der Waals surface area contributed by atoms with Gasteiger partial charge in [-0.05, 0) is 53.9 Å². The Labute approximate surface area is 201 Å². The molecule has 0 aliphatic rings. The van der Waals surface area contributed by atoms with Crippen LogP contribution in [0.15, 0.2) is 82.4 Å². The van der Waals surface area contributed by atoms with Crippen LogP contribution >= 0.6 is 27.7 Å². The first-order chi connectivity index (χ1) is 15.5. The minimum Gasteiger partial charge on any atom is -0.493 e. The van der Waals surface area contributed by atoms with Crippen LogP contribution in [0.5, 0.6) is 11.5 Å². The van der Waals surface area contributed by atoms with Gasteiger partial charge in [-0.15, -0.1) is 11.8 Å². The number of methoxy groups -OCH3 is 1. The van der Waals surface area contributed by atoms with E-state index in [-0.39, 0.29) is 11.2 Å². The predicted octanol–water partition coefficient (Wildman–Crippen LogP) is 5.81. The van der Waals surface area contributed by atoms with Crippen molar-refractivity contribution in [3.8, 4) is 11.5 Å². The molecule has 1 N–H and O–H groups in total. The summed E-state index contributed by atoms with van der Waals surface area (Å²) in [5, 5.41) is 3.87. The third-order valence-corrected chi connectivity index (χ3v) is 6.34. The van der Waals surface area contributed by atoms with E-state index in [9.17, 15) is 4.79 Å². The van der Waals surface area contributed by atoms with Crippen LogP contribution in [0.2, 0.25) is 0 Å². The highest BCUT2D eigenvalue weighted by atomic mass is 79.9. The molecule has 3 rings (SSSR count). The maximum Gasteiger partial charge on any atom is 0.252 e. The summed E-state index contributed by atoms with van der Waals surface area (Å²) in [5.41, 5.74) is 5.65. The third-order valence-electron chi connectivity index (χ3n) is 4.60. The normalized spacial score (nSPS) is 11.8. The fourth-order valence-electron chi connectivity index (χ4n) is 2.76. The lowest BCUT2D eigenvalue weighted by Crippen LogP contribution is -2.27. The zero-order valence-corrected chi connectivity index (χ0v) is 20.4. The van der Waals surface area contributed by atoms with Gasteiger partial charge in [-0.3, -0.25) is 4.79 Å². The molecule has 32 heavy (non-hydrogen) atoms. The summed E-state index contributed by atoms with van der Waals surface area (Å²) in [7, 11) is 1.59. The maximum atomic E-state index is 12.3. The van der Waals surface area contributed by atoms with Gasteiger partial charge in [0.15, 0.2) is 11.5 Å². The van der Waals surface area contributed by atoms with Gasteiger partial charge in [-0.1, -0.05) is 58.4 Å². The molecule has 0 heterocycles. The van der Waals surface area contributed by atoms with Gasteiger partial charge in [0.05, 0.1) is 18.6 Å². The number of rotatable bonds is 10. The number of hydrogen-bond acceptors (Lipinski definition) is 5. The van der Waals surface area contributed by atoms with Crippen LogP contribution in [-0.4, -0.2) is 24.5 Å².